The Balaban J connectivity index is 1.91. The monoisotopic (exact) mass is 529 g/mol. The predicted molar refractivity (Wildman–Crippen MR) is 145 cm³/mol. The van der Waals surface area contributed by atoms with E-state index >= 15 is 0 Å². The van der Waals surface area contributed by atoms with Gasteiger partial charge < -0.3 is 20.8 Å². The number of hydrogen-bond donors (Lipinski definition) is 4. The maximum absolute atomic E-state index is 13.2. The van der Waals surface area contributed by atoms with Gasteiger partial charge in [0.15, 0.2) is 5.76 Å². The van der Waals surface area contributed by atoms with Crippen LogP contribution in [0.4, 0.5) is 4.79 Å². The van der Waals surface area contributed by atoms with Crippen molar-refractivity contribution in [3.8, 4) is 0 Å². The lowest BCUT2D eigenvalue weighted by Crippen LogP contribution is -2.56. The van der Waals surface area contributed by atoms with Crippen LogP contribution in [0.15, 0.2) is 41.7 Å². The first-order chi connectivity index (χ1) is 18.1. The summed E-state index contributed by atoms with van der Waals surface area (Å²) in [6, 6.07) is 5.81. The number of hydrogen-bond acceptors (Lipinski definition) is 5. The molecule has 4 amide bonds. The summed E-state index contributed by atoms with van der Waals surface area (Å²) < 4.78 is 0. The van der Waals surface area contributed by atoms with Gasteiger partial charge in [0.1, 0.15) is 12.1 Å². The summed E-state index contributed by atoms with van der Waals surface area (Å²) in [7, 11) is 0. The van der Waals surface area contributed by atoms with Gasteiger partial charge in [0.2, 0.25) is 0 Å². The molecule has 0 saturated carbocycles. The molecule has 2 atom stereocenters. The molecule has 0 unspecified atom stereocenters. The number of nitrogens with zero attached hydrogens (tertiary/aromatic N) is 1. The van der Waals surface area contributed by atoms with E-state index in [9.17, 15) is 29.4 Å². The number of aliphatic carboxylic acids is 1. The fourth-order valence-electron chi connectivity index (χ4n) is 4.54. The third kappa shape index (κ3) is 9.50. The second-order valence-corrected chi connectivity index (χ2v) is 10.3. The Kier molecular flexibility index (Phi) is 12.8. The van der Waals surface area contributed by atoms with E-state index in [1.165, 1.54) is 32.1 Å². The summed E-state index contributed by atoms with van der Waals surface area (Å²) in [5.41, 5.74) is 1.28. The van der Waals surface area contributed by atoms with Crippen LogP contribution in [-0.4, -0.2) is 57.6 Å². The van der Waals surface area contributed by atoms with Gasteiger partial charge in [0.25, 0.3) is 11.8 Å². The Morgan fingerprint density at radius 3 is 2.13 bits per heavy atom. The minimum atomic E-state index is -1.20. The number of carboxylic acids is 1. The first-order valence-electron chi connectivity index (χ1n) is 13.8. The highest BCUT2D eigenvalue weighted by Crippen LogP contribution is 2.24. The van der Waals surface area contributed by atoms with Crippen molar-refractivity contribution in [2.75, 3.05) is 6.54 Å². The fourth-order valence-corrected chi connectivity index (χ4v) is 4.54. The van der Waals surface area contributed by atoms with Crippen molar-refractivity contribution < 1.29 is 29.4 Å². The zero-order valence-corrected chi connectivity index (χ0v) is 22.9. The number of urea groups is 1. The average molecular weight is 530 g/mol. The van der Waals surface area contributed by atoms with E-state index in [0.717, 1.165) is 29.7 Å². The number of carbonyl (C=O) groups excluding carboxylic acids is 3. The Morgan fingerprint density at radius 1 is 0.947 bits per heavy atom. The third-order valence-electron chi connectivity index (χ3n) is 6.84. The van der Waals surface area contributed by atoms with E-state index in [1.54, 1.807) is 38.1 Å². The summed E-state index contributed by atoms with van der Waals surface area (Å²) in [5, 5.41) is 24.9. The lowest BCUT2D eigenvalue weighted by atomic mass is 10.0. The minimum absolute atomic E-state index is 0.00171. The standard InChI is InChI=1S/C29H43N3O6/c1-4-5-6-7-8-9-10-14-17-22-19-32(27(35)25(22)33)26(34)24(20(2)3)31-29(38)30-23(28(36)37)18-21-15-12-11-13-16-21/h11-13,15-16,20,23-24,33H,4-10,14,17-19H2,1-3H3,(H,36,37)(H2,30,31,38)/t23-,24-/m0/s1. The normalized spacial score (nSPS) is 15.1. The van der Waals surface area contributed by atoms with Crippen molar-refractivity contribution >= 4 is 23.8 Å². The van der Waals surface area contributed by atoms with Gasteiger partial charge in [-0.2, -0.15) is 0 Å². The Hall–Kier alpha value is -3.36. The quantitative estimate of drug-likeness (QED) is 0.229. The lowest BCUT2D eigenvalue weighted by Gasteiger charge is -2.26. The molecule has 38 heavy (non-hydrogen) atoms. The summed E-state index contributed by atoms with van der Waals surface area (Å²) >= 11 is 0. The molecule has 0 radical (unpaired) electrons. The summed E-state index contributed by atoms with van der Waals surface area (Å²) in [6.07, 6.45) is 9.66. The van der Waals surface area contributed by atoms with Gasteiger partial charge in [-0.25, -0.2) is 9.59 Å². The SMILES string of the molecule is CCCCCCCCCCC1=C(O)C(=O)N(C(=O)[C@@H](NC(=O)N[C@@H](Cc2ccccc2)C(=O)O)C(C)C)C1. The van der Waals surface area contributed by atoms with Crippen LogP contribution < -0.4 is 10.6 Å². The van der Waals surface area contributed by atoms with Gasteiger partial charge >= 0.3 is 12.0 Å². The van der Waals surface area contributed by atoms with E-state index in [0.29, 0.717) is 12.0 Å². The van der Waals surface area contributed by atoms with Gasteiger partial charge in [0.05, 0.1) is 6.54 Å². The number of carbonyl (C=O) groups is 4. The van der Waals surface area contributed by atoms with Crippen molar-refractivity contribution in [1.82, 2.24) is 15.5 Å². The number of benzene rings is 1. The van der Waals surface area contributed by atoms with Crippen LogP contribution in [0.2, 0.25) is 0 Å². The van der Waals surface area contributed by atoms with Crippen molar-refractivity contribution in [1.29, 1.82) is 0 Å². The molecule has 0 aliphatic carbocycles. The number of rotatable bonds is 16. The van der Waals surface area contributed by atoms with Gasteiger partial charge in [-0.15, -0.1) is 0 Å². The zero-order chi connectivity index (χ0) is 28.1. The molecule has 0 spiro atoms. The molecule has 4 N–H and O–H groups in total. The van der Waals surface area contributed by atoms with E-state index in [-0.39, 0.29) is 24.6 Å². The van der Waals surface area contributed by atoms with Crippen LogP contribution in [0.25, 0.3) is 0 Å². The minimum Gasteiger partial charge on any atom is -0.503 e. The zero-order valence-electron chi connectivity index (χ0n) is 22.9. The predicted octanol–water partition coefficient (Wildman–Crippen LogP) is 4.72. The highest BCUT2D eigenvalue weighted by molar-refractivity contribution is 6.07. The van der Waals surface area contributed by atoms with Crippen LogP contribution in [0.3, 0.4) is 0 Å². The van der Waals surface area contributed by atoms with E-state index in [4.69, 9.17) is 0 Å². The van der Waals surface area contributed by atoms with Crippen LogP contribution in [0, 0.1) is 5.92 Å². The number of unbranched alkanes of at least 4 members (excludes halogenated alkanes) is 7. The third-order valence-corrected chi connectivity index (χ3v) is 6.84. The fraction of sp³-hybridized carbons (Fsp3) is 0.586. The highest BCUT2D eigenvalue weighted by atomic mass is 16.4. The van der Waals surface area contributed by atoms with Gasteiger partial charge in [-0.05, 0) is 29.9 Å². The topological polar surface area (TPSA) is 136 Å². The molecule has 1 aromatic carbocycles. The highest BCUT2D eigenvalue weighted by Gasteiger charge is 2.39. The molecule has 9 nitrogen and oxygen atoms in total. The molecule has 1 aromatic rings. The molecule has 2 rings (SSSR count). The Morgan fingerprint density at radius 2 is 1.55 bits per heavy atom. The average Bonchev–Trinajstić information content (AvgIpc) is 3.17. The molecule has 0 bridgehead atoms. The molecular weight excluding hydrogens is 486 g/mol. The van der Waals surface area contributed by atoms with Crippen LogP contribution in [0.1, 0.15) is 84.1 Å². The molecule has 1 aliphatic heterocycles. The first-order valence-corrected chi connectivity index (χ1v) is 13.8. The van der Waals surface area contributed by atoms with Gasteiger partial charge in [-0.3, -0.25) is 14.5 Å². The smallest absolute Gasteiger partial charge is 0.326 e. The first kappa shape index (κ1) is 30.9. The second-order valence-electron chi connectivity index (χ2n) is 10.3. The maximum atomic E-state index is 13.2. The van der Waals surface area contributed by atoms with Crippen LogP contribution >= 0.6 is 0 Å². The van der Waals surface area contributed by atoms with Crippen molar-refractivity contribution in [2.45, 2.75) is 97.1 Å². The number of imide groups is 1. The molecule has 0 saturated heterocycles. The molecule has 0 fully saturated rings. The summed E-state index contributed by atoms with van der Waals surface area (Å²) in [6.45, 7) is 5.62. The number of nitrogens with one attached hydrogen (secondary N) is 2. The molecule has 9 heteroatoms. The number of amides is 4. The second kappa shape index (κ2) is 15.8. The Labute approximate surface area is 225 Å². The number of aliphatic hydroxyl groups is 1. The van der Waals surface area contributed by atoms with Crippen molar-refractivity contribution in [3.05, 3.63) is 47.2 Å². The summed E-state index contributed by atoms with van der Waals surface area (Å²) in [4.78, 5) is 51.3. The van der Waals surface area contributed by atoms with Crippen molar-refractivity contribution in [2.24, 2.45) is 5.92 Å². The van der Waals surface area contributed by atoms with Gasteiger partial charge in [-0.1, -0.05) is 96.0 Å². The summed E-state index contributed by atoms with van der Waals surface area (Å²) in [5.74, 6) is -3.36. The van der Waals surface area contributed by atoms with E-state index < -0.39 is 35.9 Å². The van der Waals surface area contributed by atoms with Crippen LogP contribution in [-0.2, 0) is 20.8 Å². The van der Waals surface area contributed by atoms with E-state index in [2.05, 4.69) is 17.6 Å². The Bertz CT molecular complexity index is 976. The molecule has 210 valence electrons. The van der Waals surface area contributed by atoms with Crippen LogP contribution in [0.5, 0.6) is 0 Å². The molecule has 1 heterocycles. The molecule has 1 aliphatic rings. The molecular formula is C29H43N3O6. The number of carboxylic acid groups (broad SMARTS) is 1. The molecule has 0 aromatic heterocycles. The largest absolute Gasteiger partial charge is 0.503 e. The van der Waals surface area contributed by atoms with Crippen molar-refractivity contribution in [3.63, 3.8) is 0 Å². The number of aliphatic hydroxyl groups excluding tert-OH is 1. The maximum Gasteiger partial charge on any atom is 0.326 e. The van der Waals surface area contributed by atoms with Gasteiger partial charge in [0, 0.05) is 6.42 Å². The lowest BCUT2D eigenvalue weighted by molar-refractivity contribution is -0.144. The van der Waals surface area contributed by atoms with E-state index in [1.807, 2.05) is 6.07 Å².